The van der Waals surface area contributed by atoms with Crippen LogP contribution in [0, 0.1) is 12.3 Å². The SMILES string of the molecule is CCOCC[C@]1(CCc2ccc(OC)nc2)CCN(C(C)(C)c2ccc(C)nc2)C1. The fourth-order valence-corrected chi connectivity index (χ4v) is 4.48. The molecule has 2 aromatic heterocycles. The van der Waals surface area contributed by atoms with Crippen molar-refractivity contribution >= 4 is 0 Å². The van der Waals surface area contributed by atoms with E-state index in [1.54, 1.807) is 7.11 Å². The van der Waals surface area contributed by atoms with Gasteiger partial charge in [-0.2, -0.15) is 0 Å². The van der Waals surface area contributed by atoms with Crippen LogP contribution < -0.4 is 4.74 Å². The van der Waals surface area contributed by atoms with Crippen LogP contribution in [0.5, 0.6) is 5.88 Å². The molecule has 0 aliphatic carbocycles. The largest absolute Gasteiger partial charge is 0.481 e. The number of methoxy groups -OCH3 is 1. The van der Waals surface area contributed by atoms with Crippen molar-refractivity contribution in [3.63, 3.8) is 0 Å². The van der Waals surface area contributed by atoms with E-state index >= 15 is 0 Å². The zero-order chi connectivity index (χ0) is 21.6. The summed E-state index contributed by atoms with van der Waals surface area (Å²) in [7, 11) is 1.66. The van der Waals surface area contributed by atoms with Crippen LogP contribution in [-0.4, -0.2) is 48.3 Å². The Morgan fingerprint density at radius 3 is 2.57 bits per heavy atom. The van der Waals surface area contributed by atoms with E-state index in [4.69, 9.17) is 9.47 Å². The molecule has 5 heteroatoms. The van der Waals surface area contributed by atoms with E-state index < -0.39 is 0 Å². The van der Waals surface area contributed by atoms with Gasteiger partial charge in [-0.3, -0.25) is 9.88 Å². The van der Waals surface area contributed by atoms with Gasteiger partial charge < -0.3 is 9.47 Å². The number of hydrogen-bond donors (Lipinski definition) is 0. The van der Waals surface area contributed by atoms with Gasteiger partial charge >= 0.3 is 0 Å². The molecule has 0 saturated carbocycles. The zero-order valence-corrected chi connectivity index (χ0v) is 19.3. The molecular weight excluding hydrogens is 374 g/mol. The third-order valence-electron chi connectivity index (χ3n) is 6.78. The molecule has 1 atom stereocenters. The molecule has 3 rings (SSSR count). The normalized spacial score (nSPS) is 19.9. The van der Waals surface area contributed by atoms with Gasteiger partial charge in [0.05, 0.1) is 7.11 Å². The number of pyridine rings is 2. The second-order valence-electron chi connectivity index (χ2n) is 9.07. The Balaban J connectivity index is 1.72. The monoisotopic (exact) mass is 411 g/mol. The number of ether oxygens (including phenoxy) is 2. The third-order valence-corrected chi connectivity index (χ3v) is 6.78. The molecule has 2 aromatic rings. The minimum absolute atomic E-state index is 0.0320. The van der Waals surface area contributed by atoms with Crippen molar-refractivity contribution in [2.24, 2.45) is 5.41 Å². The first-order valence-electron chi connectivity index (χ1n) is 11.1. The average Bonchev–Trinajstić information content (AvgIpc) is 3.19. The minimum Gasteiger partial charge on any atom is -0.481 e. The number of hydrogen-bond acceptors (Lipinski definition) is 5. The number of nitrogens with zero attached hydrogens (tertiary/aromatic N) is 3. The highest BCUT2D eigenvalue weighted by atomic mass is 16.5. The maximum atomic E-state index is 5.76. The molecule has 30 heavy (non-hydrogen) atoms. The Morgan fingerprint density at radius 2 is 1.93 bits per heavy atom. The quantitative estimate of drug-likeness (QED) is 0.527. The molecule has 1 aliphatic rings. The first-order valence-corrected chi connectivity index (χ1v) is 11.1. The first-order chi connectivity index (χ1) is 14.4. The van der Waals surface area contributed by atoms with Gasteiger partial charge in [-0.15, -0.1) is 0 Å². The Hall–Kier alpha value is -1.98. The molecule has 0 bridgehead atoms. The van der Waals surface area contributed by atoms with Crippen molar-refractivity contribution in [3.8, 4) is 5.88 Å². The predicted octanol–water partition coefficient (Wildman–Crippen LogP) is 4.78. The lowest BCUT2D eigenvalue weighted by molar-refractivity contribution is 0.0835. The Kier molecular flexibility index (Phi) is 7.48. The summed E-state index contributed by atoms with van der Waals surface area (Å²) in [6.07, 6.45) is 8.47. The molecular formula is C25H37N3O2. The standard InChI is InChI=1S/C25H37N3O2/c1-6-30-16-14-25(12-11-21-8-10-23(29-5)27-17-21)13-15-28(19-25)24(3,4)22-9-7-20(2)26-18-22/h7-10,17-18H,6,11-16,19H2,1-5H3/t25-/m0/s1. The van der Waals surface area contributed by atoms with Crippen LogP contribution in [0.25, 0.3) is 0 Å². The van der Waals surface area contributed by atoms with Gasteiger partial charge in [-0.1, -0.05) is 12.1 Å². The van der Waals surface area contributed by atoms with E-state index in [1.165, 1.54) is 17.5 Å². The second-order valence-corrected chi connectivity index (χ2v) is 9.07. The number of aryl methyl sites for hydroxylation is 2. The lowest BCUT2D eigenvalue weighted by atomic mass is 9.78. The van der Waals surface area contributed by atoms with E-state index in [2.05, 4.69) is 53.8 Å². The summed E-state index contributed by atoms with van der Waals surface area (Å²) in [5.74, 6) is 0.672. The highest BCUT2D eigenvalue weighted by Crippen LogP contribution is 2.43. The summed E-state index contributed by atoms with van der Waals surface area (Å²) >= 11 is 0. The van der Waals surface area contributed by atoms with E-state index in [1.807, 2.05) is 25.4 Å². The molecule has 3 heterocycles. The summed E-state index contributed by atoms with van der Waals surface area (Å²) < 4.78 is 11.0. The van der Waals surface area contributed by atoms with E-state index in [0.717, 1.165) is 51.3 Å². The summed E-state index contributed by atoms with van der Waals surface area (Å²) in [4.78, 5) is 11.6. The van der Waals surface area contributed by atoms with Crippen molar-refractivity contribution in [1.29, 1.82) is 0 Å². The van der Waals surface area contributed by atoms with Crippen molar-refractivity contribution in [3.05, 3.63) is 53.5 Å². The molecule has 0 N–H and O–H groups in total. The van der Waals surface area contributed by atoms with E-state index in [9.17, 15) is 0 Å². The van der Waals surface area contributed by atoms with Crippen LogP contribution >= 0.6 is 0 Å². The van der Waals surface area contributed by atoms with Gasteiger partial charge in [-0.05, 0) is 82.5 Å². The minimum atomic E-state index is -0.0320. The van der Waals surface area contributed by atoms with Crippen molar-refractivity contribution < 1.29 is 9.47 Å². The lowest BCUT2D eigenvalue weighted by Gasteiger charge is -2.38. The average molecular weight is 412 g/mol. The Morgan fingerprint density at radius 1 is 1.10 bits per heavy atom. The molecule has 0 radical (unpaired) electrons. The summed E-state index contributed by atoms with van der Waals surface area (Å²) in [5, 5.41) is 0. The molecule has 5 nitrogen and oxygen atoms in total. The van der Waals surface area contributed by atoms with Crippen molar-refractivity contribution in [2.75, 3.05) is 33.4 Å². The van der Waals surface area contributed by atoms with E-state index in [-0.39, 0.29) is 11.0 Å². The van der Waals surface area contributed by atoms with Crippen LogP contribution in [0.1, 0.15) is 56.9 Å². The van der Waals surface area contributed by atoms with Crippen LogP contribution in [0.3, 0.4) is 0 Å². The summed E-state index contributed by atoms with van der Waals surface area (Å²) in [6, 6.07) is 8.44. The topological polar surface area (TPSA) is 47.5 Å². The molecule has 0 unspecified atom stereocenters. The van der Waals surface area contributed by atoms with Gasteiger partial charge in [0.25, 0.3) is 0 Å². The molecule has 164 valence electrons. The van der Waals surface area contributed by atoms with Crippen LogP contribution in [0.2, 0.25) is 0 Å². The number of likely N-dealkylation sites (tertiary alicyclic amines) is 1. The highest BCUT2D eigenvalue weighted by molar-refractivity contribution is 5.22. The third kappa shape index (κ3) is 5.38. The molecule has 0 spiro atoms. The fourth-order valence-electron chi connectivity index (χ4n) is 4.48. The fraction of sp³-hybridized carbons (Fsp3) is 0.600. The lowest BCUT2D eigenvalue weighted by Crippen LogP contribution is -2.41. The number of rotatable bonds is 10. The van der Waals surface area contributed by atoms with Gasteiger partial charge in [0, 0.05) is 49.5 Å². The smallest absolute Gasteiger partial charge is 0.212 e. The Bertz CT molecular complexity index is 789. The van der Waals surface area contributed by atoms with E-state index in [0.29, 0.717) is 5.88 Å². The first kappa shape index (κ1) is 22.7. The van der Waals surface area contributed by atoms with Gasteiger partial charge in [0.15, 0.2) is 0 Å². The van der Waals surface area contributed by atoms with Crippen molar-refractivity contribution in [2.45, 2.75) is 58.9 Å². The molecule has 0 aromatic carbocycles. The molecule has 0 amide bonds. The van der Waals surface area contributed by atoms with Crippen molar-refractivity contribution in [1.82, 2.24) is 14.9 Å². The van der Waals surface area contributed by atoms with Gasteiger partial charge in [0.1, 0.15) is 0 Å². The second kappa shape index (κ2) is 9.88. The zero-order valence-electron chi connectivity index (χ0n) is 19.3. The van der Waals surface area contributed by atoms with Gasteiger partial charge in [-0.25, -0.2) is 4.98 Å². The van der Waals surface area contributed by atoms with Crippen LogP contribution in [0.4, 0.5) is 0 Å². The maximum absolute atomic E-state index is 5.76. The molecule has 1 aliphatic heterocycles. The Labute approximate surface area is 181 Å². The molecule has 1 fully saturated rings. The number of aromatic nitrogens is 2. The summed E-state index contributed by atoms with van der Waals surface area (Å²) in [5.41, 5.74) is 3.86. The van der Waals surface area contributed by atoms with Crippen LogP contribution in [-0.2, 0) is 16.7 Å². The predicted molar refractivity (Wildman–Crippen MR) is 121 cm³/mol. The maximum Gasteiger partial charge on any atom is 0.212 e. The van der Waals surface area contributed by atoms with Crippen LogP contribution in [0.15, 0.2) is 36.7 Å². The highest BCUT2D eigenvalue weighted by Gasteiger charge is 2.43. The van der Waals surface area contributed by atoms with Gasteiger partial charge in [0.2, 0.25) is 5.88 Å². The molecule has 1 saturated heterocycles. The summed E-state index contributed by atoms with van der Waals surface area (Å²) in [6.45, 7) is 12.6.